The molecule has 11 heteroatoms. The van der Waals surface area contributed by atoms with Crippen LogP contribution in [0.15, 0.2) is 15.8 Å². The van der Waals surface area contributed by atoms with E-state index in [1.165, 1.54) is 10.8 Å². The van der Waals surface area contributed by atoms with Crippen LogP contribution in [0, 0.1) is 6.92 Å². The number of aromatic nitrogens is 2. The summed E-state index contributed by atoms with van der Waals surface area (Å²) >= 11 is 0. The number of hydrogen-bond donors (Lipinski definition) is 1. The highest BCUT2D eigenvalue weighted by Gasteiger charge is 2.45. The minimum atomic E-state index is -3.68. The molecule has 2 rings (SSSR count). The summed E-state index contributed by atoms with van der Waals surface area (Å²) in [6.45, 7) is 12.1. The van der Waals surface area contributed by atoms with Crippen molar-refractivity contribution in [1.29, 1.82) is 0 Å². The maximum atomic E-state index is 12.2. The third-order valence-electron chi connectivity index (χ3n) is 5.53. The molecule has 1 aliphatic heterocycles. The van der Waals surface area contributed by atoms with E-state index in [1.54, 1.807) is 6.92 Å². The zero-order chi connectivity index (χ0) is 21.5. The first kappa shape index (κ1) is 23.3. The van der Waals surface area contributed by atoms with Gasteiger partial charge >= 0.3 is 5.69 Å². The van der Waals surface area contributed by atoms with Gasteiger partial charge in [-0.2, -0.15) is 0 Å². The second-order valence-electron chi connectivity index (χ2n) is 8.79. The average molecular weight is 453 g/mol. The zero-order valence-corrected chi connectivity index (χ0v) is 19.7. The molecular weight excluding hydrogens is 424 g/mol. The minimum Gasteiger partial charge on any atom is -0.411 e. The summed E-state index contributed by atoms with van der Waals surface area (Å²) < 4.78 is 36.6. The van der Waals surface area contributed by atoms with Gasteiger partial charge in [-0.3, -0.25) is 14.3 Å². The van der Waals surface area contributed by atoms with Gasteiger partial charge in [0.05, 0.1) is 18.0 Å². The fourth-order valence-corrected chi connectivity index (χ4v) is 5.00. The van der Waals surface area contributed by atoms with Crippen LogP contribution in [0.25, 0.3) is 0 Å². The van der Waals surface area contributed by atoms with Gasteiger partial charge in [0.25, 0.3) is 5.56 Å². The highest BCUT2D eigenvalue weighted by atomic mass is 35.7. The summed E-state index contributed by atoms with van der Waals surface area (Å²) in [6, 6.07) is 0. The van der Waals surface area contributed by atoms with E-state index in [-0.39, 0.29) is 23.3 Å². The number of aromatic amines is 1. The topological polar surface area (TPSA) is 107 Å². The standard InChI is InChI=1S/C17H29ClN2O6SSi/c1-11-10-20(16(22)19-15(11)21)14-9-13(26-28(5,6)17(2,3)4)12(25-14)7-8-27(18,23)24/h10,12-14H,7-9H2,1-6H3,(H,19,21,22)/t12-,13+,14-/m1/s1. The van der Waals surface area contributed by atoms with Crippen molar-refractivity contribution in [2.45, 2.75) is 77.1 Å². The third kappa shape index (κ3) is 5.56. The van der Waals surface area contributed by atoms with E-state index < -0.39 is 40.9 Å². The van der Waals surface area contributed by atoms with Crippen LogP contribution in [-0.2, 0) is 18.2 Å². The molecule has 0 aliphatic carbocycles. The summed E-state index contributed by atoms with van der Waals surface area (Å²) in [5, 5.41) is -0.0421. The molecule has 0 aromatic carbocycles. The Morgan fingerprint density at radius 3 is 2.50 bits per heavy atom. The van der Waals surface area contributed by atoms with Crippen molar-refractivity contribution in [2.24, 2.45) is 0 Å². The van der Waals surface area contributed by atoms with Crippen LogP contribution in [0.3, 0.4) is 0 Å². The van der Waals surface area contributed by atoms with Gasteiger partial charge in [0.2, 0.25) is 9.05 Å². The summed E-state index contributed by atoms with van der Waals surface area (Å²) in [6.07, 6.45) is 0.454. The van der Waals surface area contributed by atoms with E-state index in [2.05, 4.69) is 38.8 Å². The smallest absolute Gasteiger partial charge is 0.330 e. The fourth-order valence-electron chi connectivity index (χ4n) is 2.86. The molecule has 0 radical (unpaired) electrons. The lowest BCUT2D eigenvalue weighted by Crippen LogP contribution is -2.46. The number of aryl methyl sites for hydroxylation is 1. The normalized spacial score (nSPS) is 23.9. The van der Waals surface area contributed by atoms with Crippen LogP contribution in [-0.4, -0.2) is 44.2 Å². The first-order valence-corrected chi connectivity index (χ1v) is 14.6. The van der Waals surface area contributed by atoms with Crippen molar-refractivity contribution in [3.05, 3.63) is 32.6 Å². The van der Waals surface area contributed by atoms with Gasteiger partial charge in [-0.05, 0) is 31.5 Å². The predicted octanol–water partition coefficient (Wildman–Crippen LogP) is 2.48. The molecule has 1 aromatic heterocycles. The number of ether oxygens (including phenoxy) is 1. The van der Waals surface area contributed by atoms with E-state index >= 15 is 0 Å². The molecule has 2 heterocycles. The van der Waals surface area contributed by atoms with E-state index in [4.69, 9.17) is 19.8 Å². The van der Waals surface area contributed by atoms with Crippen molar-refractivity contribution >= 4 is 28.1 Å². The molecule has 1 fully saturated rings. The number of nitrogens with zero attached hydrogens (tertiary/aromatic N) is 1. The molecule has 160 valence electrons. The Hall–Kier alpha value is -0.943. The average Bonchev–Trinajstić information content (AvgIpc) is 2.89. The van der Waals surface area contributed by atoms with Gasteiger partial charge in [0.15, 0.2) is 8.32 Å². The monoisotopic (exact) mass is 452 g/mol. The van der Waals surface area contributed by atoms with Gasteiger partial charge in [0.1, 0.15) is 6.23 Å². The molecule has 0 bridgehead atoms. The zero-order valence-electron chi connectivity index (χ0n) is 17.1. The second-order valence-corrected chi connectivity index (χ2v) is 16.4. The van der Waals surface area contributed by atoms with Gasteiger partial charge < -0.3 is 9.16 Å². The van der Waals surface area contributed by atoms with Crippen molar-refractivity contribution < 1.29 is 17.6 Å². The van der Waals surface area contributed by atoms with Crippen LogP contribution in [0.5, 0.6) is 0 Å². The maximum absolute atomic E-state index is 12.2. The van der Waals surface area contributed by atoms with Crippen molar-refractivity contribution in [3.63, 3.8) is 0 Å². The molecule has 28 heavy (non-hydrogen) atoms. The Morgan fingerprint density at radius 1 is 1.36 bits per heavy atom. The van der Waals surface area contributed by atoms with Crippen molar-refractivity contribution in [1.82, 2.24) is 9.55 Å². The van der Waals surface area contributed by atoms with Crippen LogP contribution in [0.4, 0.5) is 0 Å². The minimum absolute atomic E-state index is 0.0421. The largest absolute Gasteiger partial charge is 0.411 e. The third-order valence-corrected chi connectivity index (χ3v) is 11.2. The molecule has 0 amide bonds. The number of rotatable bonds is 6. The van der Waals surface area contributed by atoms with Gasteiger partial charge in [-0.25, -0.2) is 13.2 Å². The molecule has 1 N–H and O–H groups in total. The van der Waals surface area contributed by atoms with E-state index in [1.807, 2.05) is 0 Å². The van der Waals surface area contributed by atoms with Crippen LogP contribution in [0.2, 0.25) is 18.1 Å². The van der Waals surface area contributed by atoms with Crippen LogP contribution < -0.4 is 11.2 Å². The SMILES string of the molecule is Cc1cn([C@H]2C[C@H](O[Si](C)(C)C(C)(C)C)[C@@H](CCS(=O)(=O)Cl)O2)c(=O)[nH]c1=O. The van der Waals surface area contributed by atoms with Gasteiger partial charge in [-0.1, -0.05) is 20.8 Å². The quantitative estimate of drug-likeness (QED) is 0.524. The summed E-state index contributed by atoms with van der Waals surface area (Å²) in [4.78, 5) is 26.1. The molecule has 1 saturated heterocycles. The Balaban J connectivity index is 2.32. The molecular formula is C17H29ClN2O6SSi. The lowest BCUT2D eigenvalue weighted by Gasteiger charge is -2.39. The molecule has 1 aliphatic rings. The molecule has 8 nitrogen and oxygen atoms in total. The first-order valence-electron chi connectivity index (χ1n) is 9.18. The highest BCUT2D eigenvalue weighted by Crippen LogP contribution is 2.41. The first-order chi connectivity index (χ1) is 12.6. The summed E-state index contributed by atoms with van der Waals surface area (Å²) in [5.41, 5.74) is -0.632. The molecule has 0 unspecified atom stereocenters. The van der Waals surface area contributed by atoms with Crippen molar-refractivity contribution in [2.75, 3.05) is 5.75 Å². The maximum Gasteiger partial charge on any atom is 0.330 e. The summed E-state index contributed by atoms with van der Waals surface area (Å²) in [5.74, 6) is -0.247. The number of halogens is 1. The second kappa shape index (κ2) is 8.06. The van der Waals surface area contributed by atoms with Gasteiger partial charge in [0, 0.05) is 28.9 Å². The van der Waals surface area contributed by atoms with Crippen molar-refractivity contribution in [3.8, 4) is 0 Å². The number of hydrogen-bond acceptors (Lipinski definition) is 6. The molecule has 1 aromatic rings. The Morgan fingerprint density at radius 2 is 1.96 bits per heavy atom. The van der Waals surface area contributed by atoms with E-state index in [0.717, 1.165) is 0 Å². The Kier molecular flexibility index (Phi) is 6.72. The lowest BCUT2D eigenvalue weighted by molar-refractivity contribution is -0.0194. The Labute approximate surface area is 170 Å². The van der Waals surface area contributed by atoms with Gasteiger partial charge in [-0.15, -0.1) is 0 Å². The molecule has 0 spiro atoms. The summed E-state index contributed by atoms with van der Waals surface area (Å²) in [7, 11) is -0.465. The Bertz CT molecular complexity index is 934. The number of nitrogens with one attached hydrogen (secondary N) is 1. The van der Waals surface area contributed by atoms with E-state index in [0.29, 0.717) is 12.0 Å². The highest BCUT2D eigenvalue weighted by molar-refractivity contribution is 8.13. The lowest BCUT2D eigenvalue weighted by atomic mass is 10.1. The fraction of sp³-hybridized carbons (Fsp3) is 0.765. The van der Waals surface area contributed by atoms with E-state index in [9.17, 15) is 18.0 Å². The number of H-pyrrole nitrogens is 1. The van der Waals surface area contributed by atoms with Crippen LogP contribution in [0.1, 0.15) is 45.4 Å². The predicted molar refractivity (Wildman–Crippen MR) is 111 cm³/mol. The van der Waals surface area contributed by atoms with Crippen LogP contribution >= 0.6 is 10.7 Å². The molecule has 3 atom stereocenters. The molecule has 0 saturated carbocycles.